The molecule has 2 atom stereocenters. The van der Waals surface area contributed by atoms with Gasteiger partial charge in [0.2, 0.25) is 11.8 Å². The predicted molar refractivity (Wildman–Crippen MR) is 94.2 cm³/mol. The average Bonchev–Trinajstić information content (AvgIpc) is 2.62. The Morgan fingerprint density at radius 3 is 2.44 bits per heavy atom. The number of methoxy groups -OCH3 is 2. The molecule has 0 saturated heterocycles. The summed E-state index contributed by atoms with van der Waals surface area (Å²) in [5, 5.41) is 4.94. The standard InChI is InChI=1S/C14H24ClN3O6S/c1-23-12(20)7-17-13(21)10(8-25-6-5-15)18-11(19)4-3-9(16)14(22)24-2/h9-10H,3-8,16H2,1-2H3,(H,17,21)(H,18,19)/t9-,10-/m0/s1. The maximum atomic E-state index is 12.1. The van der Waals surface area contributed by atoms with Gasteiger partial charge in [-0.25, -0.2) is 0 Å². The molecular weight excluding hydrogens is 374 g/mol. The number of carbonyl (C=O) groups excluding carboxylic acids is 4. The molecule has 0 aliphatic carbocycles. The van der Waals surface area contributed by atoms with E-state index in [4.69, 9.17) is 17.3 Å². The normalized spacial score (nSPS) is 12.6. The Balaban J connectivity index is 4.54. The number of hydrogen-bond donors (Lipinski definition) is 3. The second kappa shape index (κ2) is 13.7. The molecule has 11 heteroatoms. The van der Waals surface area contributed by atoms with E-state index >= 15 is 0 Å². The highest BCUT2D eigenvalue weighted by molar-refractivity contribution is 7.99. The van der Waals surface area contributed by atoms with Gasteiger partial charge >= 0.3 is 11.9 Å². The smallest absolute Gasteiger partial charge is 0.325 e. The summed E-state index contributed by atoms with van der Waals surface area (Å²) >= 11 is 6.97. The number of nitrogens with one attached hydrogen (secondary N) is 2. The van der Waals surface area contributed by atoms with Gasteiger partial charge in [-0.2, -0.15) is 11.8 Å². The number of hydrogen-bond acceptors (Lipinski definition) is 8. The molecular formula is C14H24ClN3O6S. The lowest BCUT2D eigenvalue weighted by Gasteiger charge is -2.18. The minimum absolute atomic E-state index is 0.0444. The summed E-state index contributed by atoms with van der Waals surface area (Å²) in [5.41, 5.74) is 5.56. The fraction of sp³-hybridized carbons (Fsp3) is 0.714. The number of nitrogens with two attached hydrogens (primary N) is 1. The maximum Gasteiger partial charge on any atom is 0.325 e. The lowest BCUT2D eigenvalue weighted by Crippen LogP contribution is -2.49. The highest BCUT2D eigenvalue weighted by Crippen LogP contribution is 2.05. The molecule has 0 aliphatic rings. The third-order valence-corrected chi connectivity index (χ3v) is 4.45. The first-order valence-corrected chi connectivity index (χ1v) is 9.15. The molecule has 0 spiro atoms. The van der Waals surface area contributed by atoms with Gasteiger partial charge < -0.3 is 25.8 Å². The number of carbonyl (C=O) groups is 4. The van der Waals surface area contributed by atoms with E-state index in [-0.39, 0.29) is 25.1 Å². The zero-order valence-corrected chi connectivity index (χ0v) is 15.8. The highest BCUT2D eigenvalue weighted by atomic mass is 35.5. The Morgan fingerprint density at radius 1 is 1.20 bits per heavy atom. The van der Waals surface area contributed by atoms with Gasteiger partial charge in [0.25, 0.3) is 0 Å². The van der Waals surface area contributed by atoms with Gasteiger partial charge in [0.05, 0.1) is 14.2 Å². The summed E-state index contributed by atoms with van der Waals surface area (Å²) in [4.78, 5) is 46.4. The molecule has 25 heavy (non-hydrogen) atoms. The SMILES string of the molecule is COC(=O)CNC(=O)[C@H](CSCCCl)NC(=O)CC[C@H](N)C(=O)OC. The number of amides is 2. The zero-order chi connectivity index (χ0) is 19.2. The van der Waals surface area contributed by atoms with Crippen LogP contribution >= 0.6 is 23.4 Å². The third-order valence-electron chi connectivity index (χ3n) is 2.98. The zero-order valence-electron chi connectivity index (χ0n) is 14.2. The molecule has 4 N–H and O–H groups in total. The Hall–Kier alpha value is -1.52. The van der Waals surface area contributed by atoms with E-state index in [0.29, 0.717) is 11.6 Å². The number of halogens is 1. The highest BCUT2D eigenvalue weighted by Gasteiger charge is 2.22. The van der Waals surface area contributed by atoms with Crippen molar-refractivity contribution in [1.82, 2.24) is 10.6 Å². The number of esters is 2. The van der Waals surface area contributed by atoms with Gasteiger partial charge in [0.1, 0.15) is 18.6 Å². The van der Waals surface area contributed by atoms with Gasteiger partial charge in [-0.3, -0.25) is 19.2 Å². The molecule has 144 valence electrons. The minimum Gasteiger partial charge on any atom is -0.468 e. The van der Waals surface area contributed by atoms with E-state index in [2.05, 4.69) is 20.1 Å². The van der Waals surface area contributed by atoms with Crippen LogP contribution in [0.3, 0.4) is 0 Å². The number of alkyl halides is 1. The monoisotopic (exact) mass is 397 g/mol. The molecule has 2 amide bonds. The van der Waals surface area contributed by atoms with E-state index in [1.54, 1.807) is 0 Å². The van der Waals surface area contributed by atoms with E-state index in [9.17, 15) is 19.2 Å². The molecule has 0 radical (unpaired) electrons. The molecule has 0 bridgehead atoms. The summed E-state index contributed by atoms with van der Waals surface area (Å²) in [6.07, 6.45) is 0.0427. The van der Waals surface area contributed by atoms with E-state index in [1.807, 2.05) is 0 Å². The largest absolute Gasteiger partial charge is 0.468 e. The quantitative estimate of drug-likeness (QED) is 0.217. The molecule has 0 aliphatic heterocycles. The number of thioether (sulfide) groups is 1. The van der Waals surface area contributed by atoms with E-state index in [0.717, 1.165) is 0 Å². The predicted octanol–water partition coefficient (Wildman–Crippen LogP) is -0.987. The lowest BCUT2D eigenvalue weighted by atomic mass is 10.1. The van der Waals surface area contributed by atoms with Crippen LogP contribution in [0.2, 0.25) is 0 Å². The third kappa shape index (κ3) is 10.8. The first-order chi connectivity index (χ1) is 11.8. The lowest BCUT2D eigenvalue weighted by molar-refractivity contribution is -0.142. The van der Waals surface area contributed by atoms with Crippen molar-refractivity contribution in [3.05, 3.63) is 0 Å². The second-order valence-electron chi connectivity index (χ2n) is 4.85. The summed E-state index contributed by atoms with van der Waals surface area (Å²) in [6.45, 7) is -0.297. The molecule has 0 aromatic rings. The summed E-state index contributed by atoms with van der Waals surface area (Å²) in [6, 6.07) is -1.76. The van der Waals surface area contributed by atoms with Crippen molar-refractivity contribution in [2.45, 2.75) is 24.9 Å². The van der Waals surface area contributed by atoms with Gasteiger partial charge in [-0.15, -0.1) is 11.6 Å². The van der Waals surface area contributed by atoms with Crippen LogP contribution in [-0.2, 0) is 28.7 Å². The molecule has 0 rings (SSSR count). The van der Waals surface area contributed by atoms with Gasteiger partial charge in [0.15, 0.2) is 0 Å². The van der Waals surface area contributed by atoms with Gasteiger partial charge in [0, 0.05) is 23.8 Å². The van der Waals surface area contributed by atoms with Crippen molar-refractivity contribution in [3.8, 4) is 0 Å². The van der Waals surface area contributed by atoms with E-state index in [1.165, 1.54) is 26.0 Å². The first kappa shape index (κ1) is 23.5. The van der Waals surface area contributed by atoms with Crippen molar-refractivity contribution >= 4 is 47.1 Å². The fourth-order valence-electron chi connectivity index (χ4n) is 1.62. The summed E-state index contributed by atoms with van der Waals surface area (Å²) in [7, 11) is 2.41. The van der Waals surface area contributed by atoms with Crippen LogP contribution in [0.4, 0.5) is 0 Å². The molecule has 0 aromatic carbocycles. The van der Waals surface area contributed by atoms with Crippen molar-refractivity contribution in [1.29, 1.82) is 0 Å². The Morgan fingerprint density at radius 2 is 1.88 bits per heavy atom. The molecule has 9 nitrogen and oxygen atoms in total. The maximum absolute atomic E-state index is 12.1. The van der Waals surface area contributed by atoms with Gasteiger partial charge in [-0.05, 0) is 6.42 Å². The van der Waals surface area contributed by atoms with Crippen LogP contribution in [0.25, 0.3) is 0 Å². The molecule has 0 saturated carbocycles. The van der Waals surface area contributed by atoms with E-state index < -0.39 is 35.8 Å². The number of ether oxygens (including phenoxy) is 2. The van der Waals surface area contributed by atoms with Crippen LogP contribution in [0, 0.1) is 0 Å². The van der Waals surface area contributed by atoms with Gasteiger partial charge in [-0.1, -0.05) is 0 Å². The second-order valence-corrected chi connectivity index (χ2v) is 6.37. The molecule has 0 aromatic heterocycles. The van der Waals surface area contributed by atoms with Crippen molar-refractivity contribution in [2.24, 2.45) is 5.73 Å². The van der Waals surface area contributed by atoms with Crippen molar-refractivity contribution in [2.75, 3.05) is 38.2 Å². The summed E-state index contributed by atoms with van der Waals surface area (Å²) < 4.78 is 8.91. The Kier molecular flexibility index (Phi) is 12.9. The Labute approximate surface area is 155 Å². The van der Waals surface area contributed by atoms with Crippen molar-refractivity contribution in [3.63, 3.8) is 0 Å². The van der Waals surface area contributed by atoms with Crippen molar-refractivity contribution < 1.29 is 28.7 Å². The minimum atomic E-state index is -0.909. The molecule has 0 heterocycles. The number of rotatable bonds is 12. The van der Waals surface area contributed by atoms with Crippen LogP contribution < -0.4 is 16.4 Å². The van der Waals surface area contributed by atoms with Crippen LogP contribution in [-0.4, -0.2) is 74.0 Å². The Bertz CT molecular complexity index is 466. The van der Waals surface area contributed by atoms with Crippen LogP contribution in [0.5, 0.6) is 0 Å². The average molecular weight is 398 g/mol. The fourth-order valence-corrected chi connectivity index (χ4v) is 2.69. The first-order valence-electron chi connectivity index (χ1n) is 7.46. The molecule has 0 unspecified atom stereocenters. The van der Waals surface area contributed by atoms with Crippen LogP contribution in [0.15, 0.2) is 0 Å². The topological polar surface area (TPSA) is 137 Å². The summed E-state index contributed by atoms with van der Waals surface area (Å²) in [5.74, 6) is -0.876. The van der Waals surface area contributed by atoms with Crippen LogP contribution in [0.1, 0.15) is 12.8 Å². The molecule has 0 fully saturated rings.